The molecule has 2 fully saturated rings. The van der Waals surface area contributed by atoms with Gasteiger partial charge in [0.1, 0.15) is 6.10 Å². The molecule has 2 heterocycles. The van der Waals surface area contributed by atoms with E-state index in [1.807, 2.05) is 0 Å². The van der Waals surface area contributed by atoms with Crippen LogP contribution in [0.5, 0.6) is 0 Å². The van der Waals surface area contributed by atoms with Crippen LogP contribution in [-0.2, 0) is 14.3 Å². The van der Waals surface area contributed by atoms with Crippen LogP contribution in [0.15, 0.2) is 48.5 Å². The van der Waals surface area contributed by atoms with Gasteiger partial charge in [-0.05, 0) is 44.9 Å². The van der Waals surface area contributed by atoms with E-state index in [0.717, 1.165) is 24.0 Å². The van der Waals surface area contributed by atoms with E-state index in [0.29, 0.717) is 24.9 Å². The lowest BCUT2D eigenvalue weighted by atomic mass is 9.85. The van der Waals surface area contributed by atoms with Gasteiger partial charge in [0, 0.05) is 24.9 Å². The van der Waals surface area contributed by atoms with Gasteiger partial charge in [-0.25, -0.2) is 4.79 Å². The summed E-state index contributed by atoms with van der Waals surface area (Å²) in [4.78, 5) is 15.5. The lowest BCUT2D eigenvalue weighted by molar-refractivity contribution is -0.187. The van der Waals surface area contributed by atoms with Crippen molar-refractivity contribution in [1.29, 1.82) is 0 Å². The van der Waals surface area contributed by atoms with E-state index >= 15 is 0 Å². The Morgan fingerprint density at radius 2 is 1.38 bits per heavy atom. The summed E-state index contributed by atoms with van der Waals surface area (Å²) in [5, 5.41) is 0. The van der Waals surface area contributed by atoms with Crippen molar-refractivity contribution in [2.24, 2.45) is 0 Å². The number of rotatable bonds is 5. The average molecular weight is 394 g/mol. The van der Waals surface area contributed by atoms with Crippen LogP contribution < -0.4 is 0 Å². The molecule has 4 rings (SSSR count). The quantitative estimate of drug-likeness (QED) is 0.697. The first-order valence-electron chi connectivity index (χ1n) is 10.5. The van der Waals surface area contributed by atoms with E-state index in [-0.39, 0.29) is 12.1 Å². The largest absolute Gasteiger partial charge is 0.467 e. The molecule has 2 aliphatic rings. The SMILES string of the molecule is COC(=O)C1(OC(c2ccc(C)cc2)c2ccc(C)cc2)CC2CCC(C1)N2C. The molecule has 0 aliphatic carbocycles. The zero-order valence-electron chi connectivity index (χ0n) is 17.9. The smallest absolute Gasteiger partial charge is 0.338 e. The van der Waals surface area contributed by atoms with Gasteiger partial charge in [0.05, 0.1) is 7.11 Å². The van der Waals surface area contributed by atoms with E-state index in [1.165, 1.54) is 18.2 Å². The Balaban J connectivity index is 1.74. The number of hydrogen-bond donors (Lipinski definition) is 0. The number of carbonyl (C=O) groups is 1. The Bertz CT molecular complexity index is 799. The predicted octanol–water partition coefficient (Wildman–Crippen LogP) is 4.58. The van der Waals surface area contributed by atoms with Crippen molar-refractivity contribution in [1.82, 2.24) is 4.90 Å². The molecule has 4 heteroatoms. The molecule has 2 saturated heterocycles. The first-order chi connectivity index (χ1) is 13.9. The Morgan fingerprint density at radius 3 is 1.79 bits per heavy atom. The average Bonchev–Trinajstić information content (AvgIpc) is 2.94. The summed E-state index contributed by atoms with van der Waals surface area (Å²) < 4.78 is 12.1. The normalized spacial score (nSPS) is 26.7. The summed E-state index contributed by atoms with van der Waals surface area (Å²) in [5.74, 6) is -0.244. The maximum Gasteiger partial charge on any atom is 0.338 e. The third kappa shape index (κ3) is 3.84. The van der Waals surface area contributed by atoms with Crippen LogP contribution in [-0.4, -0.2) is 42.7 Å². The molecule has 0 radical (unpaired) electrons. The monoisotopic (exact) mass is 393 g/mol. The van der Waals surface area contributed by atoms with Gasteiger partial charge in [-0.3, -0.25) is 0 Å². The topological polar surface area (TPSA) is 38.8 Å². The second-order valence-corrected chi connectivity index (χ2v) is 8.76. The van der Waals surface area contributed by atoms with Crippen LogP contribution in [0.3, 0.4) is 0 Å². The molecule has 4 nitrogen and oxygen atoms in total. The number of piperidine rings is 1. The summed E-state index contributed by atoms with van der Waals surface area (Å²) in [6.45, 7) is 4.16. The van der Waals surface area contributed by atoms with Crippen LogP contribution in [0.1, 0.15) is 54.0 Å². The van der Waals surface area contributed by atoms with Gasteiger partial charge in [0.2, 0.25) is 0 Å². The summed E-state index contributed by atoms with van der Waals surface area (Å²) in [7, 11) is 3.64. The molecular formula is C25H31NO3. The van der Waals surface area contributed by atoms with Gasteiger partial charge in [-0.1, -0.05) is 59.7 Å². The Hall–Kier alpha value is -2.17. The third-order valence-corrected chi connectivity index (χ3v) is 6.78. The number of carbonyl (C=O) groups excluding carboxylic acids is 1. The lowest BCUT2D eigenvalue weighted by Crippen LogP contribution is -2.55. The minimum atomic E-state index is -0.909. The second kappa shape index (κ2) is 7.92. The highest BCUT2D eigenvalue weighted by molar-refractivity contribution is 5.80. The van der Waals surface area contributed by atoms with E-state index in [4.69, 9.17) is 9.47 Å². The molecular weight excluding hydrogens is 362 g/mol. The van der Waals surface area contributed by atoms with Crippen molar-refractivity contribution in [3.8, 4) is 0 Å². The van der Waals surface area contributed by atoms with Crippen LogP contribution in [0.2, 0.25) is 0 Å². The maximum atomic E-state index is 13.1. The van der Waals surface area contributed by atoms with Gasteiger partial charge < -0.3 is 14.4 Å². The van der Waals surface area contributed by atoms with Crippen molar-refractivity contribution in [2.45, 2.75) is 63.3 Å². The maximum absolute atomic E-state index is 13.1. The highest BCUT2D eigenvalue weighted by Crippen LogP contribution is 2.45. The van der Waals surface area contributed by atoms with Gasteiger partial charge in [0.15, 0.2) is 5.60 Å². The van der Waals surface area contributed by atoms with Crippen LogP contribution in [0.25, 0.3) is 0 Å². The van der Waals surface area contributed by atoms with Gasteiger partial charge >= 0.3 is 5.97 Å². The standard InChI is InChI=1S/C25H31NO3/c1-17-5-9-19(10-6-17)23(20-11-7-18(2)8-12-20)29-25(24(27)28-4)15-21-13-14-22(16-25)26(21)3/h5-12,21-23H,13-16H2,1-4H3. The predicted molar refractivity (Wildman–Crippen MR) is 114 cm³/mol. The highest BCUT2D eigenvalue weighted by atomic mass is 16.6. The number of fused-ring (bicyclic) bond motifs is 2. The molecule has 29 heavy (non-hydrogen) atoms. The Labute approximate surface area is 173 Å². The summed E-state index contributed by atoms with van der Waals surface area (Å²) in [6.07, 6.45) is 3.28. The van der Waals surface area contributed by atoms with E-state index in [1.54, 1.807) is 0 Å². The molecule has 0 spiro atoms. The number of nitrogens with zero attached hydrogens (tertiary/aromatic N) is 1. The van der Waals surface area contributed by atoms with Crippen molar-refractivity contribution >= 4 is 5.97 Å². The first kappa shape index (κ1) is 20.1. The van der Waals surface area contributed by atoms with Crippen molar-refractivity contribution in [2.75, 3.05) is 14.2 Å². The molecule has 2 unspecified atom stereocenters. The fourth-order valence-corrected chi connectivity index (χ4v) is 4.96. The molecule has 0 N–H and O–H groups in total. The molecule has 0 saturated carbocycles. The lowest BCUT2D eigenvalue weighted by Gasteiger charge is -2.44. The van der Waals surface area contributed by atoms with Gasteiger partial charge in [-0.2, -0.15) is 0 Å². The third-order valence-electron chi connectivity index (χ3n) is 6.78. The molecule has 2 aromatic rings. The Morgan fingerprint density at radius 1 is 0.931 bits per heavy atom. The van der Waals surface area contributed by atoms with Gasteiger partial charge in [0.25, 0.3) is 0 Å². The zero-order valence-corrected chi connectivity index (χ0v) is 17.9. The highest BCUT2D eigenvalue weighted by Gasteiger charge is 2.54. The van der Waals surface area contributed by atoms with Crippen molar-refractivity contribution < 1.29 is 14.3 Å². The number of benzene rings is 2. The van der Waals surface area contributed by atoms with Crippen LogP contribution >= 0.6 is 0 Å². The van der Waals surface area contributed by atoms with Crippen molar-refractivity contribution in [3.05, 3.63) is 70.8 Å². The number of hydrogen-bond acceptors (Lipinski definition) is 4. The number of aryl methyl sites for hydroxylation is 2. The summed E-state index contributed by atoms with van der Waals surface area (Å²) in [5.41, 5.74) is 3.63. The van der Waals surface area contributed by atoms with E-state index in [2.05, 4.69) is 74.3 Å². The zero-order chi connectivity index (χ0) is 20.6. The molecule has 0 aromatic heterocycles. The number of esters is 1. The molecule has 2 aliphatic heterocycles. The minimum Gasteiger partial charge on any atom is -0.467 e. The molecule has 2 atom stereocenters. The number of ether oxygens (including phenoxy) is 2. The first-order valence-corrected chi connectivity index (χ1v) is 10.5. The van der Waals surface area contributed by atoms with E-state index < -0.39 is 5.60 Å². The Kier molecular flexibility index (Phi) is 5.50. The number of methoxy groups -OCH3 is 1. The van der Waals surface area contributed by atoms with E-state index in [9.17, 15) is 4.79 Å². The van der Waals surface area contributed by atoms with Crippen molar-refractivity contribution in [3.63, 3.8) is 0 Å². The fraction of sp³-hybridized carbons (Fsp3) is 0.480. The second-order valence-electron chi connectivity index (χ2n) is 8.76. The molecule has 2 aromatic carbocycles. The van der Waals surface area contributed by atoms with Crippen LogP contribution in [0, 0.1) is 13.8 Å². The summed E-state index contributed by atoms with van der Waals surface area (Å²) >= 11 is 0. The van der Waals surface area contributed by atoms with Gasteiger partial charge in [-0.15, -0.1) is 0 Å². The minimum absolute atomic E-state index is 0.244. The molecule has 0 amide bonds. The molecule has 2 bridgehead atoms. The van der Waals surface area contributed by atoms with Crippen LogP contribution in [0.4, 0.5) is 0 Å². The molecule has 154 valence electrons. The fourth-order valence-electron chi connectivity index (χ4n) is 4.96. The summed E-state index contributed by atoms with van der Waals surface area (Å²) in [6, 6.07) is 17.6.